The van der Waals surface area contributed by atoms with Crippen molar-refractivity contribution in [3.63, 3.8) is 0 Å². The summed E-state index contributed by atoms with van der Waals surface area (Å²) in [5, 5.41) is 4.75. The van der Waals surface area contributed by atoms with E-state index in [1.807, 2.05) is 49.6 Å². The van der Waals surface area contributed by atoms with Gasteiger partial charge in [-0.05, 0) is 43.0 Å². The van der Waals surface area contributed by atoms with Crippen LogP contribution in [0.3, 0.4) is 0 Å². The Morgan fingerprint density at radius 2 is 1.77 bits per heavy atom. The fourth-order valence-electron chi connectivity index (χ4n) is 3.40. The van der Waals surface area contributed by atoms with E-state index in [-0.39, 0.29) is 18.4 Å². The maximum absolute atomic E-state index is 13.2. The predicted molar refractivity (Wildman–Crippen MR) is 122 cm³/mol. The van der Waals surface area contributed by atoms with Gasteiger partial charge in [-0.3, -0.25) is 9.59 Å². The Morgan fingerprint density at radius 1 is 1.03 bits per heavy atom. The van der Waals surface area contributed by atoms with Crippen molar-refractivity contribution in [1.82, 2.24) is 4.90 Å². The molecule has 0 spiro atoms. The zero-order chi connectivity index (χ0) is 21.8. The first-order valence-electron chi connectivity index (χ1n) is 10.2. The molecule has 7 heteroatoms. The summed E-state index contributed by atoms with van der Waals surface area (Å²) in [7, 11) is 0. The lowest BCUT2D eigenvalue weighted by molar-refractivity contribution is -0.116. The van der Waals surface area contributed by atoms with E-state index in [0.29, 0.717) is 41.8 Å². The Labute approximate surface area is 185 Å². The monoisotopic (exact) mass is 436 g/mol. The summed E-state index contributed by atoms with van der Waals surface area (Å²) in [6, 6.07) is 15.3. The number of rotatable bonds is 6. The highest BCUT2D eigenvalue weighted by Gasteiger charge is 2.22. The van der Waals surface area contributed by atoms with Crippen molar-refractivity contribution in [2.75, 3.05) is 31.6 Å². The first kappa shape index (κ1) is 20.9. The number of carbonyl (C=O) groups is 2. The van der Waals surface area contributed by atoms with Crippen molar-refractivity contribution in [2.24, 2.45) is 0 Å². The Bertz CT molecular complexity index is 1090. The number of fused-ring (bicyclic) bond motifs is 1. The van der Waals surface area contributed by atoms with E-state index in [0.717, 1.165) is 16.7 Å². The molecule has 2 amide bonds. The summed E-state index contributed by atoms with van der Waals surface area (Å²) in [6.07, 6.45) is 0. The van der Waals surface area contributed by atoms with Crippen molar-refractivity contribution in [1.29, 1.82) is 0 Å². The van der Waals surface area contributed by atoms with E-state index in [9.17, 15) is 9.59 Å². The standard InChI is InChI=1S/C24H24N2O4S/c1-3-26(15-22(27)25-18-8-9-20-21(14-18)30-12-11-29-20)24(28)23-19(10-13-31-23)17-6-4-16(2)5-7-17/h4-10,13-14H,3,11-12,15H2,1-2H3,(H,25,27). The molecule has 1 aliphatic rings. The lowest BCUT2D eigenvalue weighted by Gasteiger charge is -2.21. The molecule has 4 rings (SSSR count). The zero-order valence-electron chi connectivity index (χ0n) is 17.5. The van der Waals surface area contributed by atoms with Gasteiger partial charge in [-0.15, -0.1) is 11.3 Å². The van der Waals surface area contributed by atoms with Crippen LogP contribution in [-0.4, -0.2) is 43.0 Å². The summed E-state index contributed by atoms with van der Waals surface area (Å²) in [6.45, 7) is 5.29. The first-order chi connectivity index (χ1) is 15.0. The molecule has 0 radical (unpaired) electrons. The summed E-state index contributed by atoms with van der Waals surface area (Å²) in [5.74, 6) is 0.857. The number of hydrogen-bond acceptors (Lipinski definition) is 5. The van der Waals surface area contributed by atoms with Gasteiger partial charge in [0, 0.05) is 23.9 Å². The molecule has 0 saturated heterocycles. The SMILES string of the molecule is CCN(CC(=O)Nc1ccc2c(c1)OCCO2)C(=O)c1sccc1-c1ccc(C)cc1. The number of aryl methyl sites for hydroxylation is 1. The van der Waals surface area contributed by atoms with Crippen LogP contribution in [0.4, 0.5) is 5.69 Å². The third-order valence-electron chi connectivity index (χ3n) is 5.05. The van der Waals surface area contributed by atoms with E-state index in [4.69, 9.17) is 9.47 Å². The molecule has 0 fully saturated rings. The average molecular weight is 437 g/mol. The van der Waals surface area contributed by atoms with E-state index >= 15 is 0 Å². The summed E-state index contributed by atoms with van der Waals surface area (Å²) in [5.41, 5.74) is 3.65. The first-order valence-corrected chi connectivity index (χ1v) is 11.1. The summed E-state index contributed by atoms with van der Waals surface area (Å²) < 4.78 is 11.1. The van der Waals surface area contributed by atoms with Crippen LogP contribution in [0.25, 0.3) is 11.1 Å². The molecule has 1 aliphatic heterocycles. The second-order valence-corrected chi connectivity index (χ2v) is 8.17. The van der Waals surface area contributed by atoms with Crippen molar-refractivity contribution < 1.29 is 19.1 Å². The molecule has 2 heterocycles. The van der Waals surface area contributed by atoms with Gasteiger partial charge in [0.1, 0.15) is 19.8 Å². The van der Waals surface area contributed by atoms with Gasteiger partial charge in [-0.2, -0.15) is 0 Å². The maximum Gasteiger partial charge on any atom is 0.265 e. The lowest BCUT2D eigenvalue weighted by atomic mass is 10.0. The van der Waals surface area contributed by atoms with Gasteiger partial charge in [-0.25, -0.2) is 0 Å². The maximum atomic E-state index is 13.2. The van der Waals surface area contributed by atoms with Gasteiger partial charge in [0.15, 0.2) is 11.5 Å². The van der Waals surface area contributed by atoms with Crippen molar-refractivity contribution in [2.45, 2.75) is 13.8 Å². The predicted octanol–water partition coefficient (Wildman–Crippen LogP) is 4.60. The zero-order valence-corrected chi connectivity index (χ0v) is 18.3. The largest absolute Gasteiger partial charge is 0.486 e. The minimum atomic E-state index is -0.264. The molecule has 160 valence electrons. The summed E-state index contributed by atoms with van der Waals surface area (Å²) >= 11 is 1.39. The molecule has 0 atom stereocenters. The van der Waals surface area contributed by atoms with Crippen molar-refractivity contribution in [3.05, 3.63) is 64.4 Å². The molecule has 1 N–H and O–H groups in total. The van der Waals surface area contributed by atoms with Crippen LogP contribution in [0.2, 0.25) is 0 Å². The average Bonchev–Trinajstić information content (AvgIpc) is 3.27. The van der Waals surface area contributed by atoms with Crippen LogP contribution < -0.4 is 14.8 Å². The number of benzene rings is 2. The van der Waals surface area contributed by atoms with Crippen LogP contribution in [0, 0.1) is 6.92 Å². The Morgan fingerprint density at radius 3 is 2.52 bits per heavy atom. The second kappa shape index (κ2) is 9.22. The van der Waals surface area contributed by atoms with Crippen molar-refractivity contribution in [3.8, 4) is 22.6 Å². The van der Waals surface area contributed by atoms with Crippen LogP contribution >= 0.6 is 11.3 Å². The lowest BCUT2D eigenvalue weighted by Crippen LogP contribution is -2.37. The second-order valence-electron chi connectivity index (χ2n) is 7.26. The van der Waals surface area contributed by atoms with Gasteiger partial charge < -0.3 is 19.7 Å². The molecule has 31 heavy (non-hydrogen) atoms. The fourth-order valence-corrected chi connectivity index (χ4v) is 4.28. The molecular weight excluding hydrogens is 412 g/mol. The fraction of sp³-hybridized carbons (Fsp3) is 0.250. The van der Waals surface area contributed by atoms with Gasteiger partial charge in [0.05, 0.1) is 4.88 Å². The van der Waals surface area contributed by atoms with Gasteiger partial charge in [-0.1, -0.05) is 29.8 Å². The molecule has 6 nitrogen and oxygen atoms in total. The number of thiophene rings is 1. The van der Waals surface area contributed by atoms with Crippen LogP contribution in [0.1, 0.15) is 22.2 Å². The third-order valence-corrected chi connectivity index (χ3v) is 5.95. The molecule has 0 aliphatic carbocycles. The number of likely N-dealkylation sites (N-methyl/N-ethyl adjacent to an activating group) is 1. The Kier molecular flexibility index (Phi) is 6.23. The van der Waals surface area contributed by atoms with E-state index in [1.165, 1.54) is 11.3 Å². The molecule has 2 aromatic carbocycles. The highest BCUT2D eigenvalue weighted by Crippen LogP contribution is 2.33. The van der Waals surface area contributed by atoms with E-state index in [2.05, 4.69) is 5.32 Å². The quantitative estimate of drug-likeness (QED) is 0.613. The minimum absolute atomic E-state index is 0.0327. The van der Waals surface area contributed by atoms with Crippen molar-refractivity contribution >= 4 is 28.8 Å². The number of anilines is 1. The Hall–Kier alpha value is -3.32. The molecule has 3 aromatic rings. The molecule has 0 saturated carbocycles. The third kappa shape index (κ3) is 4.72. The minimum Gasteiger partial charge on any atom is -0.486 e. The molecular formula is C24H24N2O4S. The van der Waals surface area contributed by atoms with Gasteiger partial charge in [0.25, 0.3) is 5.91 Å². The molecule has 1 aromatic heterocycles. The molecule has 0 unspecified atom stereocenters. The summed E-state index contributed by atoms with van der Waals surface area (Å²) in [4.78, 5) is 28.0. The number of nitrogens with one attached hydrogen (secondary N) is 1. The molecule has 0 bridgehead atoms. The van der Waals surface area contributed by atoms with Gasteiger partial charge in [0.2, 0.25) is 5.91 Å². The number of ether oxygens (including phenoxy) is 2. The number of amides is 2. The number of hydrogen-bond donors (Lipinski definition) is 1. The highest BCUT2D eigenvalue weighted by atomic mass is 32.1. The smallest absolute Gasteiger partial charge is 0.265 e. The van der Waals surface area contributed by atoms with Crippen LogP contribution in [0.15, 0.2) is 53.9 Å². The van der Waals surface area contributed by atoms with Gasteiger partial charge >= 0.3 is 0 Å². The normalized spacial score (nSPS) is 12.3. The number of carbonyl (C=O) groups excluding carboxylic acids is 2. The number of nitrogens with zero attached hydrogens (tertiary/aromatic N) is 1. The van der Waals surface area contributed by atoms with Crippen LogP contribution in [0.5, 0.6) is 11.5 Å². The van der Waals surface area contributed by atoms with Crippen LogP contribution in [-0.2, 0) is 4.79 Å². The highest BCUT2D eigenvalue weighted by molar-refractivity contribution is 7.12. The van der Waals surface area contributed by atoms with E-state index < -0.39 is 0 Å². The topological polar surface area (TPSA) is 67.9 Å². The Balaban J connectivity index is 1.46. The van der Waals surface area contributed by atoms with E-state index in [1.54, 1.807) is 23.1 Å².